The third-order valence-electron chi connectivity index (χ3n) is 4.88. The van der Waals surface area contributed by atoms with Crippen molar-refractivity contribution in [3.05, 3.63) is 48.2 Å². The number of hydrogen-bond donors (Lipinski definition) is 1. The minimum atomic E-state index is -0.0306. The molecule has 2 aromatic rings. The van der Waals surface area contributed by atoms with E-state index in [4.69, 9.17) is 9.47 Å². The standard InChI is InChI=1S/C23H31N3O3/c1-16(2)15-28-21-9-10-23(24-13-21)26-12-11-22(14-26)29-20-7-5-19(6-8-20)17(3)25-18(4)27/h5-10,13,16-17,22H,11-12,14-15H2,1-4H3,(H,25,27)/t17-,22?/m0/s1. The molecule has 1 unspecified atom stereocenters. The lowest BCUT2D eigenvalue weighted by atomic mass is 10.1. The molecule has 0 radical (unpaired) electrons. The van der Waals surface area contributed by atoms with E-state index in [2.05, 4.69) is 29.0 Å². The predicted octanol–water partition coefficient (Wildman–Crippen LogP) is 3.97. The number of aromatic nitrogens is 1. The molecule has 0 bridgehead atoms. The van der Waals surface area contributed by atoms with Crippen LogP contribution in [0.1, 0.15) is 45.7 Å². The summed E-state index contributed by atoms with van der Waals surface area (Å²) >= 11 is 0. The number of ether oxygens (including phenoxy) is 2. The molecule has 6 heteroatoms. The number of carbonyl (C=O) groups excluding carboxylic acids is 1. The van der Waals surface area contributed by atoms with Crippen molar-refractivity contribution < 1.29 is 14.3 Å². The SMILES string of the molecule is CC(=O)N[C@@H](C)c1ccc(OC2CCN(c3ccc(OCC(C)C)cn3)C2)cc1. The fourth-order valence-corrected chi connectivity index (χ4v) is 3.36. The van der Waals surface area contributed by atoms with Gasteiger partial charge in [-0.15, -0.1) is 0 Å². The first-order valence-electron chi connectivity index (χ1n) is 10.3. The number of amides is 1. The van der Waals surface area contributed by atoms with E-state index in [-0.39, 0.29) is 18.1 Å². The predicted molar refractivity (Wildman–Crippen MR) is 114 cm³/mol. The Balaban J connectivity index is 1.51. The second-order valence-electron chi connectivity index (χ2n) is 8.02. The first kappa shape index (κ1) is 21.0. The highest BCUT2D eigenvalue weighted by Crippen LogP contribution is 2.25. The number of hydrogen-bond acceptors (Lipinski definition) is 5. The number of nitrogens with zero attached hydrogens (tertiary/aromatic N) is 2. The quantitative estimate of drug-likeness (QED) is 0.730. The van der Waals surface area contributed by atoms with Crippen LogP contribution < -0.4 is 19.7 Å². The van der Waals surface area contributed by atoms with Gasteiger partial charge in [0.05, 0.1) is 25.4 Å². The molecule has 1 aromatic heterocycles. The zero-order valence-electron chi connectivity index (χ0n) is 17.7. The second-order valence-corrected chi connectivity index (χ2v) is 8.02. The van der Waals surface area contributed by atoms with Crippen molar-refractivity contribution in [2.75, 3.05) is 24.6 Å². The molecule has 1 fully saturated rings. The summed E-state index contributed by atoms with van der Waals surface area (Å²) < 4.78 is 11.9. The van der Waals surface area contributed by atoms with Gasteiger partial charge in [0, 0.05) is 19.9 Å². The lowest BCUT2D eigenvalue weighted by Crippen LogP contribution is -2.25. The van der Waals surface area contributed by atoms with Crippen LogP contribution in [0.5, 0.6) is 11.5 Å². The summed E-state index contributed by atoms with van der Waals surface area (Å²) in [6.45, 7) is 10.2. The molecule has 1 amide bonds. The zero-order valence-corrected chi connectivity index (χ0v) is 17.7. The van der Waals surface area contributed by atoms with E-state index in [0.29, 0.717) is 12.5 Å². The van der Waals surface area contributed by atoms with Gasteiger partial charge in [-0.3, -0.25) is 4.79 Å². The van der Waals surface area contributed by atoms with Crippen molar-refractivity contribution in [3.8, 4) is 11.5 Å². The van der Waals surface area contributed by atoms with Gasteiger partial charge in [-0.25, -0.2) is 4.98 Å². The van der Waals surface area contributed by atoms with Crippen LogP contribution >= 0.6 is 0 Å². The summed E-state index contributed by atoms with van der Waals surface area (Å²) in [6.07, 6.45) is 2.88. The van der Waals surface area contributed by atoms with Crippen molar-refractivity contribution in [3.63, 3.8) is 0 Å². The largest absolute Gasteiger partial charge is 0.492 e. The Morgan fingerprint density at radius 1 is 1.17 bits per heavy atom. The molecule has 2 atom stereocenters. The maximum absolute atomic E-state index is 11.2. The summed E-state index contributed by atoms with van der Waals surface area (Å²) in [5.41, 5.74) is 1.06. The number of anilines is 1. The topological polar surface area (TPSA) is 63.7 Å². The maximum atomic E-state index is 11.2. The van der Waals surface area contributed by atoms with Gasteiger partial charge in [-0.05, 0) is 42.7 Å². The van der Waals surface area contributed by atoms with Gasteiger partial charge >= 0.3 is 0 Å². The molecule has 0 saturated carbocycles. The first-order valence-corrected chi connectivity index (χ1v) is 10.3. The molecular weight excluding hydrogens is 366 g/mol. The van der Waals surface area contributed by atoms with E-state index in [0.717, 1.165) is 42.4 Å². The lowest BCUT2D eigenvalue weighted by molar-refractivity contribution is -0.119. The van der Waals surface area contributed by atoms with Crippen LogP contribution in [0.25, 0.3) is 0 Å². The van der Waals surface area contributed by atoms with E-state index < -0.39 is 0 Å². The third-order valence-corrected chi connectivity index (χ3v) is 4.88. The van der Waals surface area contributed by atoms with Crippen LogP contribution in [0.2, 0.25) is 0 Å². The highest BCUT2D eigenvalue weighted by molar-refractivity contribution is 5.73. The summed E-state index contributed by atoms with van der Waals surface area (Å²) in [7, 11) is 0. The maximum Gasteiger partial charge on any atom is 0.217 e. The van der Waals surface area contributed by atoms with Gasteiger partial charge in [-0.2, -0.15) is 0 Å². The minimum absolute atomic E-state index is 0.0120. The van der Waals surface area contributed by atoms with Crippen LogP contribution in [0.3, 0.4) is 0 Å². The Hall–Kier alpha value is -2.76. The monoisotopic (exact) mass is 397 g/mol. The Kier molecular flexibility index (Phi) is 6.96. The van der Waals surface area contributed by atoms with Crippen LogP contribution in [0.4, 0.5) is 5.82 Å². The molecule has 1 aliphatic rings. The average molecular weight is 398 g/mol. The number of benzene rings is 1. The molecule has 3 rings (SSSR count). The van der Waals surface area contributed by atoms with Gasteiger partial charge in [-0.1, -0.05) is 26.0 Å². The second kappa shape index (κ2) is 9.63. The van der Waals surface area contributed by atoms with Gasteiger partial charge in [0.15, 0.2) is 0 Å². The van der Waals surface area contributed by atoms with E-state index in [1.165, 1.54) is 6.92 Å². The van der Waals surface area contributed by atoms with Gasteiger partial charge in [0.1, 0.15) is 23.4 Å². The highest BCUT2D eigenvalue weighted by Gasteiger charge is 2.25. The molecule has 0 spiro atoms. The Labute approximate surface area is 173 Å². The van der Waals surface area contributed by atoms with Gasteiger partial charge < -0.3 is 19.7 Å². The van der Waals surface area contributed by atoms with E-state index >= 15 is 0 Å². The Morgan fingerprint density at radius 2 is 1.90 bits per heavy atom. The molecule has 156 valence electrons. The summed E-state index contributed by atoms with van der Waals surface area (Å²) in [6, 6.07) is 11.9. The summed E-state index contributed by atoms with van der Waals surface area (Å²) in [5.74, 6) is 3.07. The van der Waals surface area contributed by atoms with Gasteiger partial charge in [0.25, 0.3) is 0 Å². The molecule has 2 heterocycles. The number of nitrogens with one attached hydrogen (secondary N) is 1. The molecular formula is C23H31N3O3. The highest BCUT2D eigenvalue weighted by atomic mass is 16.5. The van der Waals surface area contributed by atoms with Crippen LogP contribution in [0.15, 0.2) is 42.6 Å². The molecule has 0 aliphatic carbocycles. The van der Waals surface area contributed by atoms with E-state index in [9.17, 15) is 4.79 Å². The van der Waals surface area contributed by atoms with Crippen molar-refractivity contribution in [2.45, 2.75) is 46.3 Å². The Bertz CT molecular complexity index is 790. The zero-order chi connectivity index (χ0) is 20.8. The fourth-order valence-electron chi connectivity index (χ4n) is 3.36. The molecule has 29 heavy (non-hydrogen) atoms. The smallest absolute Gasteiger partial charge is 0.217 e. The minimum Gasteiger partial charge on any atom is -0.492 e. The number of carbonyl (C=O) groups is 1. The van der Waals surface area contributed by atoms with Crippen molar-refractivity contribution in [1.29, 1.82) is 0 Å². The first-order chi connectivity index (χ1) is 13.9. The van der Waals surface area contributed by atoms with Crippen LogP contribution in [0, 0.1) is 5.92 Å². The van der Waals surface area contributed by atoms with Crippen molar-refractivity contribution >= 4 is 11.7 Å². The molecule has 1 saturated heterocycles. The lowest BCUT2D eigenvalue weighted by Gasteiger charge is -2.19. The van der Waals surface area contributed by atoms with Crippen molar-refractivity contribution in [1.82, 2.24) is 10.3 Å². The molecule has 1 aromatic carbocycles. The fraction of sp³-hybridized carbons (Fsp3) is 0.478. The summed E-state index contributed by atoms with van der Waals surface area (Å²) in [4.78, 5) is 18.0. The van der Waals surface area contributed by atoms with Crippen LogP contribution in [-0.2, 0) is 4.79 Å². The molecule has 6 nitrogen and oxygen atoms in total. The molecule has 1 N–H and O–H groups in total. The Morgan fingerprint density at radius 3 is 2.52 bits per heavy atom. The third kappa shape index (κ3) is 6.11. The van der Waals surface area contributed by atoms with Gasteiger partial charge in [0.2, 0.25) is 5.91 Å². The number of rotatable bonds is 8. The summed E-state index contributed by atoms with van der Waals surface area (Å²) in [5, 5.41) is 2.89. The number of pyridine rings is 1. The van der Waals surface area contributed by atoms with Crippen LogP contribution in [-0.4, -0.2) is 36.7 Å². The van der Waals surface area contributed by atoms with E-state index in [1.54, 1.807) is 6.20 Å². The molecule has 1 aliphatic heterocycles. The normalized spacial score (nSPS) is 17.3. The van der Waals surface area contributed by atoms with Crippen molar-refractivity contribution in [2.24, 2.45) is 5.92 Å². The van der Waals surface area contributed by atoms with E-state index in [1.807, 2.05) is 43.3 Å². The average Bonchev–Trinajstić information content (AvgIpc) is 3.15.